The van der Waals surface area contributed by atoms with Crippen molar-refractivity contribution in [3.05, 3.63) is 59.8 Å². The summed E-state index contributed by atoms with van der Waals surface area (Å²) in [6.45, 7) is 4.75. The molecule has 1 saturated heterocycles. The summed E-state index contributed by atoms with van der Waals surface area (Å²) in [5.74, 6) is 1.61. The van der Waals surface area contributed by atoms with E-state index >= 15 is 0 Å². The molecule has 0 aromatic heterocycles. The van der Waals surface area contributed by atoms with E-state index in [9.17, 15) is 9.59 Å². The largest absolute Gasteiger partial charge is 0.494 e. The number of hydrogen-bond donors (Lipinski definition) is 2. The van der Waals surface area contributed by atoms with Crippen LogP contribution in [-0.2, 0) is 16.0 Å². The van der Waals surface area contributed by atoms with Gasteiger partial charge in [0, 0.05) is 12.1 Å². The van der Waals surface area contributed by atoms with Crippen molar-refractivity contribution in [2.75, 3.05) is 18.3 Å². The number of nitrogens with two attached hydrogens (primary N) is 1. The monoisotopic (exact) mass is 496 g/mol. The van der Waals surface area contributed by atoms with Crippen molar-refractivity contribution in [2.45, 2.75) is 38.4 Å². The second-order valence-corrected chi connectivity index (χ2v) is 9.28. The Morgan fingerprint density at radius 1 is 1.23 bits per heavy atom. The second kappa shape index (κ2) is 11.2. The highest BCUT2D eigenvalue weighted by Gasteiger charge is 2.40. The maximum absolute atomic E-state index is 12.9. The summed E-state index contributed by atoms with van der Waals surface area (Å²) >= 11 is 1.07. The van der Waals surface area contributed by atoms with Gasteiger partial charge in [0.2, 0.25) is 18.6 Å². The van der Waals surface area contributed by atoms with Crippen molar-refractivity contribution in [2.24, 2.45) is 10.8 Å². The van der Waals surface area contributed by atoms with Crippen LogP contribution >= 0.6 is 11.8 Å². The first kappa shape index (κ1) is 24.5. The van der Waals surface area contributed by atoms with Crippen molar-refractivity contribution < 1.29 is 23.8 Å². The lowest BCUT2D eigenvalue weighted by atomic mass is 10.1. The number of anilines is 1. The number of imide groups is 1. The lowest BCUT2D eigenvalue weighted by Crippen LogP contribution is -2.31. The maximum Gasteiger partial charge on any atom is 0.247 e. The molecule has 1 atom stereocenters. The number of carbonyl (C=O) groups is 2. The summed E-state index contributed by atoms with van der Waals surface area (Å²) in [6.07, 6.45) is 3.60. The van der Waals surface area contributed by atoms with Crippen LogP contribution in [0.2, 0.25) is 0 Å². The third-order valence-electron chi connectivity index (χ3n) is 5.36. The van der Waals surface area contributed by atoms with Gasteiger partial charge in [-0.25, -0.2) is 4.90 Å². The highest BCUT2D eigenvalue weighted by Crippen LogP contribution is 2.33. The standard InChI is InChI=1S/C25H28N4O5S/c1-3-12-32-19-9-7-18(8-10-19)29-23(30)14-22(24(29)31)35-25(26)28-27-16(2)4-5-17-6-11-20-21(13-17)34-15-33-20/h4,6-11,13,22,27H,3,5,12,14-15H2,1-2H3,(H2,26,28)/t22-/m0/s1. The number of amidine groups is 1. The summed E-state index contributed by atoms with van der Waals surface area (Å²) in [7, 11) is 0. The quantitative estimate of drug-likeness (QED) is 0.234. The predicted octanol–water partition coefficient (Wildman–Crippen LogP) is 3.54. The molecule has 3 N–H and O–H groups in total. The minimum Gasteiger partial charge on any atom is -0.494 e. The van der Waals surface area contributed by atoms with Crippen LogP contribution in [0.5, 0.6) is 17.2 Å². The SMILES string of the molecule is CCCOc1ccc(N2C(=O)C[C@H](SC(N)=NNC(C)=CCc3ccc4c(c3)OCO4)C2=O)cc1. The molecule has 0 unspecified atom stereocenters. The van der Waals surface area contributed by atoms with Crippen LogP contribution in [0.3, 0.4) is 0 Å². The number of nitrogens with zero attached hydrogens (tertiary/aromatic N) is 2. The van der Waals surface area contributed by atoms with Gasteiger partial charge in [-0.3, -0.25) is 15.0 Å². The second-order valence-electron chi connectivity index (χ2n) is 8.06. The molecule has 2 aliphatic heterocycles. The summed E-state index contributed by atoms with van der Waals surface area (Å²) < 4.78 is 16.3. The van der Waals surface area contributed by atoms with E-state index in [-0.39, 0.29) is 30.2 Å². The fourth-order valence-corrected chi connectivity index (χ4v) is 4.40. The first-order valence-electron chi connectivity index (χ1n) is 11.4. The van der Waals surface area contributed by atoms with Crippen molar-refractivity contribution in [3.63, 3.8) is 0 Å². The fourth-order valence-electron chi connectivity index (χ4n) is 3.58. The first-order valence-corrected chi connectivity index (χ1v) is 12.2. The van der Waals surface area contributed by atoms with Crippen LogP contribution in [0.4, 0.5) is 5.69 Å². The number of benzene rings is 2. The van der Waals surface area contributed by atoms with Gasteiger partial charge in [-0.2, -0.15) is 5.10 Å². The summed E-state index contributed by atoms with van der Waals surface area (Å²) in [4.78, 5) is 26.6. The van der Waals surface area contributed by atoms with Gasteiger partial charge in [-0.05, 0) is 61.7 Å². The molecule has 0 aliphatic carbocycles. The van der Waals surface area contributed by atoms with Crippen molar-refractivity contribution in [3.8, 4) is 17.2 Å². The number of amides is 2. The Bertz CT molecular complexity index is 1150. The van der Waals surface area contributed by atoms with Crippen LogP contribution in [0.15, 0.2) is 59.3 Å². The Kier molecular flexibility index (Phi) is 7.81. The van der Waals surface area contributed by atoms with E-state index in [1.807, 2.05) is 38.1 Å². The van der Waals surface area contributed by atoms with Crippen LogP contribution in [0, 0.1) is 0 Å². The molecule has 0 radical (unpaired) electrons. The van der Waals surface area contributed by atoms with Crippen LogP contribution in [0.25, 0.3) is 0 Å². The van der Waals surface area contributed by atoms with E-state index in [1.165, 1.54) is 4.90 Å². The topological polar surface area (TPSA) is 115 Å². The molecule has 2 aliphatic rings. The van der Waals surface area contributed by atoms with E-state index in [2.05, 4.69) is 10.5 Å². The van der Waals surface area contributed by atoms with Crippen molar-refractivity contribution in [1.82, 2.24) is 5.43 Å². The molecule has 4 rings (SSSR count). The van der Waals surface area contributed by atoms with E-state index in [4.69, 9.17) is 19.9 Å². The van der Waals surface area contributed by atoms with Crippen LogP contribution in [-0.4, -0.2) is 35.6 Å². The van der Waals surface area contributed by atoms with Gasteiger partial charge in [0.05, 0.1) is 12.3 Å². The Balaban J connectivity index is 1.30. The fraction of sp³-hybridized carbons (Fsp3) is 0.320. The average Bonchev–Trinajstić information content (AvgIpc) is 3.43. The van der Waals surface area contributed by atoms with E-state index in [0.717, 1.165) is 40.9 Å². The number of carbonyl (C=O) groups excluding carboxylic acids is 2. The summed E-state index contributed by atoms with van der Waals surface area (Å²) in [5, 5.41) is 3.71. The number of hydrazone groups is 1. The molecule has 9 nitrogen and oxygen atoms in total. The molecule has 35 heavy (non-hydrogen) atoms. The number of nitrogens with one attached hydrogen (secondary N) is 1. The van der Waals surface area contributed by atoms with Gasteiger partial charge in [0.25, 0.3) is 0 Å². The minimum absolute atomic E-state index is 0.0622. The molecule has 0 saturated carbocycles. The zero-order valence-corrected chi connectivity index (χ0v) is 20.5. The number of rotatable bonds is 9. The molecule has 184 valence electrons. The Labute approximate surface area is 208 Å². The van der Waals surface area contributed by atoms with Gasteiger partial charge in [0.15, 0.2) is 16.7 Å². The maximum atomic E-state index is 12.9. The Morgan fingerprint density at radius 2 is 2.00 bits per heavy atom. The molecule has 0 bridgehead atoms. The zero-order chi connectivity index (χ0) is 24.8. The zero-order valence-electron chi connectivity index (χ0n) is 19.7. The lowest BCUT2D eigenvalue weighted by Gasteiger charge is -2.15. The van der Waals surface area contributed by atoms with Gasteiger partial charge < -0.3 is 19.9 Å². The van der Waals surface area contributed by atoms with E-state index in [1.54, 1.807) is 24.3 Å². The Hall–Kier alpha value is -3.66. The molecule has 0 spiro atoms. The molecule has 2 aromatic carbocycles. The first-order chi connectivity index (χ1) is 16.9. The van der Waals surface area contributed by atoms with Crippen molar-refractivity contribution >= 4 is 34.4 Å². The predicted molar refractivity (Wildman–Crippen MR) is 136 cm³/mol. The molecule has 2 amide bonds. The third kappa shape index (κ3) is 6.07. The number of thioether (sulfide) groups is 1. The number of ether oxygens (including phenoxy) is 3. The van der Waals surface area contributed by atoms with E-state index < -0.39 is 5.25 Å². The summed E-state index contributed by atoms with van der Waals surface area (Å²) in [6, 6.07) is 12.7. The van der Waals surface area contributed by atoms with Crippen LogP contribution in [0.1, 0.15) is 32.3 Å². The molecule has 10 heteroatoms. The average molecular weight is 497 g/mol. The van der Waals surface area contributed by atoms with Crippen molar-refractivity contribution in [1.29, 1.82) is 0 Å². The number of hydrogen-bond acceptors (Lipinski definition) is 8. The van der Waals surface area contributed by atoms with Crippen LogP contribution < -0.4 is 30.3 Å². The van der Waals surface area contributed by atoms with Gasteiger partial charge in [-0.15, -0.1) is 0 Å². The summed E-state index contributed by atoms with van der Waals surface area (Å²) in [5.41, 5.74) is 11.3. The van der Waals surface area contributed by atoms with Gasteiger partial charge in [-0.1, -0.05) is 30.8 Å². The molecule has 1 fully saturated rings. The molecular weight excluding hydrogens is 468 g/mol. The third-order valence-corrected chi connectivity index (χ3v) is 6.34. The van der Waals surface area contributed by atoms with Gasteiger partial charge in [0.1, 0.15) is 11.0 Å². The smallest absolute Gasteiger partial charge is 0.247 e. The number of fused-ring (bicyclic) bond motifs is 1. The van der Waals surface area contributed by atoms with Gasteiger partial charge >= 0.3 is 0 Å². The molecule has 2 heterocycles. The highest BCUT2D eigenvalue weighted by molar-refractivity contribution is 8.14. The minimum atomic E-state index is -0.623. The number of allylic oxidation sites excluding steroid dienone is 2. The Morgan fingerprint density at radius 3 is 2.77 bits per heavy atom. The normalized spacial score (nSPS) is 17.8. The molecule has 2 aromatic rings. The highest BCUT2D eigenvalue weighted by atomic mass is 32.2. The molecular formula is C25H28N4O5S. The van der Waals surface area contributed by atoms with E-state index in [0.29, 0.717) is 24.5 Å². The lowest BCUT2D eigenvalue weighted by molar-refractivity contribution is -0.121.